The normalized spacial score (nSPS) is 24.7. The van der Waals surface area contributed by atoms with Gasteiger partial charge in [-0.1, -0.05) is 18.2 Å². The van der Waals surface area contributed by atoms with Gasteiger partial charge in [-0.15, -0.1) is 0 Å². The lowest BCUT2D eigenvalue weighted by Gasteiger charge is -2.42. The molecule has 148 valence electrons. The number of para-hydroxylation sites is 1. The van der Waals surface area contributed by atoms with Crippen LogP contribution in [0.1, 0.15) is 44.1 Å². The fraction of sp³-hybridized carbons (Fsp3) is 0.682. The van der Waals surface area contributed by atoms with E-state index in [-0.39, 0.29) is 18.1 Å². The van der Waals surface area contributed by atoms with Crippen molar-refractivity contribution in [1.82, 2.24) is 10.2 Å². The number of fused-ring (bicyclic) bond motifs is 1. The Morgan fingerprint density at radius 1 is 1.15 bits per heavy atom. The maximum absolute atomic E-state index is 12.3. The van der Waals surface area contributed by atoms with E-state index in [1.165, 1.54) is 24.9 Å². The third-order valence-corrected chi connectivity index (χ3v) is 6.17. The van der Waals surface area contributed by atoms with Crippen molar-refractivity contribution in [2.24, 2.45) is 5.92 Å². The van der Waals surface area contributed by atoms with Gasteiger partial charge in [0, 0.05) is 32.8 Å². The van der Waals surface area contributed by atoms with Crippen molar-refractivity contribution < 1.29 is 14.3 Å². The first-order valence-electron chi connectivity index (χ1n) is 10.6. The molecule has 1 aromatic carbocycles. The predicted octanol–water partition coefficient (Wildman–Crippen LogP) is 2.78. The maximum Gasteiger partial charge on any atom is 0.258 e. The van der Waals surface area contributed by atoms with Crippen molar-refractivity contribution in [3.05, 3.63) is 29.8 Å². The van der Waals surface area contributed by atoms with Gasteiger partial charge in [0.25, 0.3) is 5.91 Å². The van der Waals surface area contributed by atoms with Gasteiger partial charge in [-0.25, -0.2) is 0 Å². The number of aryl methyl sites for hydroxylation is 1. The molecule has 5 heteroatoms. The molecule has 1 spiro atoms. The summed E-state index contributed by atoms with van der Waals surface area (Å²) in [6.07, 6.45) is 7.88. The lowest BCUT2D eigenvalue weighted by Crippen LogP contribution is -2.53. The smallest absolute Gasteiger partial charge is 0.258 e. The monoisotopic (exact) mass is 372 g/mol. The average Bonchev–Trinajstić information content (AvgIpc) is 3.50. The summed E-state index contributed by atoms with van der Waals surface area (Å²) in [6, 6.07) is 8.03. The van der Waals surface area contributed by atoms with E-state index in [0.717, 1.165) is 63.5 Å². The van der Waals surface area contributed by atoms with Gasteiger partial charge in [-0.3, -0.25) is 4.79 Å². The van der Waals surface area contributed by atoms with E-state index in [2.05, 4.69) is 16.3 Å². The van der Waals surface area contributed by atoms with Gasteiger partial charge in [0.2, 0.25) is 0 Å². The minimum atomic E-state index is -0.212. The van der Waals surface area contributed by atoms with Gasteiger partial charge in [0.1, 0.15) is 5.75 Å². The molecule has 3 aliphatic rings. The second kappa shape index (κ2) is 8.61. The quantitative estimate of drug-likeness (QED) is 0.867. The summed E-state index contributed by atoms with van der Waals surface area (Å²) in [6.45, 7) is 4.83. The molecular weight excluding hydrogens is 340 g/mol. The first-order valence-corrected chi connectivity index (χ1v) is 10.6. The molecule has 1 saturated heterocycles. The van der Waals surface area contributed by atoms with Gasteiger partial charge >= 0.3 is 0 Å². The van der Waals surface area contributed by atoms with Crippen molar-refractivity contribution in [3.8, 4) is 5.75 Å². The van der Waals surface area contributed by atoms with E-state index in [1.54, 1.807) is 0 Å². The van der Waals surface area contributed by atoms with Gasteiger partial charge in [-0.05, 0) is 62.5 Å². The van der Waals surface area contributed by atoms with Crippen molar-refractivity contribution in [2.45, 2.75) is 50.5 Å². The van der Waals surface area contributed by atoms with E-state index in [0.29, 0.717) is 6.54 Å². The Morgan fingerprint density at radius 2 is 1.96 bits per heavy atom. The zero-order valence-electron chi connectivity index (χ0n) is 16.3. The van der Waals surface area contributed by atoms with E-state index in [9.17, 15) is 4.79 Å². The molecule has 2 fully saturated rings. The van der Waals surface area contributed by atoms with Crippen LogP contribution < -0.4 is 10.1 Å². The molecule has 1 N–H and O–H groups in total. The highest BCUT2D eigenvalue weighted by Gasteiger charge is 2.37. The highest BCUT2D eigenvalue weighted by molar-refractivity contribution is 5.77. The molecule has 0 unspecified atom stereocenters. The highest BCUT2D eigenvalue weighted by Crippen LogP contribution is 2.33. The van der Waals surface area contributed by atoms with Crippen molar-refractivity contribution >= 4 is 5.91 Å². The van der Waals surface area contributed by atoms with Crippen LogP contribution in [0.3, 0.4) is 0 Å². The number of hydrogen-bond acceptors (Lipinski definition) is 4. The highest BCUT2D eigenvalue weighted by atomic mass is 16.5. The van der Waals surface area contributed by atoms with Crippen molar-refractivity contribution in [3.63, 3.8) is 0 Å². The van der Waals surface area contributed by atoms with Crippen LogP contribution in [0.2, 0.25) is 0 Å². The molecule has 5 nitrogen and oxygen atoms in total. The van der Waals surface area contributed by atoms with Crippen LogP contribution in [0.25, 0.3) is 0 Å². The molecule has 0 aromatic heterocycles. The number of piperidine rings is 1. The number of likely N-dealkylation sites (tertiary alicyclic amines) is 1. The van der Waals surface area contributed by atoms with E-state index in [1.807, 2.05) is 18.2 Å². The predicted molar refractivity (Wildman–Crippen MR) is 105 cm³/mol. The standard InChI is InChI=1S/C22H32N2O3/c25-21-16-26-20-7-2-1-5-19(20)6-3-4-14-27-22(17-23-21)10-12-24(13-11-22)15-18-8-9-18/h1-2,5,7,18H,3-4,6,8-17H2,(H,23,25). The molecule has 0 radical (unpaired) electrons. The van der Waals surface area contributed by atoms with Gasteiger partial charge in [0.15, 0.2) is 6.61 Å². The van der Waals surface area contributed by atoms with Crippen LogP contribution in [0.5, 0.6) is 5.75 Å². The van der Waals surface area contributed by atoms with E-state index >= 15 is 0 Å². The summed E-state index contributed by atoms with van der Waals surface area (Å²) in [5.41, 5.74) is 0.962. The minimum absolute atomic E-state index is 0.0626. The number of nitrogens with one attached hydrogen (secondary N) is 1. The summed E-state index contributed by atoms with van der Waals surface area (Å²) in [5, 5.41) is 3.07. The molecule has 27 heavy (non-hydrogen) atoms. The van der Waals surface area contributed by atoms with Gasteiger partial charge in [-0.2, -0.15) is 0 Å². The first kappa shape index (κ1) is 18.8. The Balaban J connectivity index is 1.36. The molecule has 1 amide bonds. The zero-order valence-corrected chi connectivity index (χ0v) is 16.3. The number of carbonyl (C=O) groups excluding carboxylic acids is 1. The van der Waals surface area contributed by atoms with Crippen molar-refractivity contribution in [1.29, 1.82) is 0 Å². The van der Waals surface area contributed by atoms with Crippen LogP contribution in [0.15, 0.2) is 24.3 Å². The number of ether oxygens (including phenoxy) is 2. The number of hydrogen-bond donors (Lipinski definition) is 1. The SMILES string of the molecule is O=C1COc2ccccc2CCCCOC2(CCN(CC3CC3)CC2)CN1. The third kappa shape index (κ3) is 5.23. The van der Waals surface area contributed by atoms with E-state index in [4.69, 9.17) is 9.47 Å². The Bertz CT molecular complexity index is 636. The maximum atomic E-state index is 12.3. The summed E-state index contributed by atoms with van der Waals surface area (Å²) in [4.78, 5) is 14.9. The molecular formula is C22H32N2O3. The number of carbonyl (C=O) groups is 1. The molecule has 1 saturated carbocycles. The summed E-state index contributed by atoms with van der Waals surface area (Å²) < 4.78 is 12.2. The average molecular weight is 373 g/mol. The molecule has 2 heterocycles. The van der Waals surface area contributed by atoms with Crippen LogP contribution in [-0.2, 0) is 16.0 Å². The number of benzene rings is 1. The molecule has 1 aromatic rings. The fourth-order valence-corrected chi connectivity index (χ4v) is 4.19. The Kier molecular flexibility index (Phi) is 5.98. The largest absolute Gasteiger partial charge is 0.483 e. The summed E-state index contributed by atoms with van der Waals surface area (Å²) >= 11 is 0. The topological polar surface area (TPSA) is 50.8 Å². The number of rotatable bonds is 2. The lowest BCUT2D eigenvalue weighted by atomic mass is 9.90. The summed E-state index contributed by atoms with van der Waals surface area (Å²) in [5.74, 6) is 1.70. The lowest BCUT2D eigenvalue weighted by molar-refractivity contribution is -0.127. The second-order valence-corrected chi connectivity index (χ2v) is 8.41. The van der Waals surface area contributed by atoms with Crippen LogP contribution in [0.4, 0.5) is 0 Å². The molecule has 0 atom stereocenters. The Hall–Kier alpha value is -1.59. The van der Waals surface area contributed by atoms with Crippen LogP contribution in [-0.4, -0.2) is 55.8 Å². The summed E-state index contributed by atoms with van der Waals surface area (Å²) in [7, 11) is 0. The number of amides is 1. The Labute approximate surface area is 162 Å². The van der Waals surface area contributed by atoms with Gasteiger partial charge < -0.3 is 19.7 Å². The second-order valence-electron chi connectivity index (χ2n) is 8.41. The third-order valence-electron chi connectivity index (χ3n) is 6.17. The van der Waals surface area contributed by atoms with Crippen LogP contribution >= 0.6 is 0 Å². The fourth-order valence-electron chi connectivity index (χ4n) is 4.19. The molecule has 2 aliphatic heterocycles. The first-order chi connectivity index (χ1) is 13.2. The number of nitrogens with zero attached hydrogens (tertiary/aromatic N) is 1. The van der Waals surface area contributed by atoms with Crippen LogP contribution in [0, 0.1) is 5.92 Å². The molecule has 1 aliphatic carbocycles. The Morgan fingerprint density at radius 3 is 2.78 bits per heavy atom. The van der Waals surface area contributed by atoms with Gasteiger partial charge in [0.05, 0.1) is 5.60 Å². The van der Waals surface area contributed by atoms with Crippen molar-refractivity contribution in [2.75, 3.05) is 39.4 Å². The van der Waals surface area contributed by atoms with E-state index < -0.39 is 0 Å². The zero-order chi connectivity index (χ0) is 18.5. The molecule has 0 bridgehead atoms. The molecule has 4 rings (SSSR count). The minimum Gasteiger partial charge on any atom is -0.483 e.